The highest BCUT2D eigenvalue weighted by atomic mass is 19.3. The molecule has 0 aliphatic heterocycles. The fourth-order valence-electron chi connectivity index (χ4n) is 4.37. The van der Waals surface area contributed by atoms with Crippen LogP contribution in [0.25, 0.3) is 11.0 Å². The van der Waals surface area contributed by atoms with Crippen molar-refractivity contribution in [3.63, 3.8) is 0 Å². The molecule has 0 bridgehead atoms. The summed E-state index contributed by atoms with van der Waals surface area (Å²) in [6.07, 6.45) is 5.97. The van der Waals surface area contributed by atoms with Crippen LogP contribution in [0, 0.1) is 0 Å². The van der Waals surface area contributed by atoms with E-state index in [0.29, 0.717) is 19.1 Å². The molecule has 2 aromatic carbocycles. The standard InChI is InChI=1S/C27H27F2N5O/c1-27(28,29)21-8-6-20(7-9-21)16-34(22-10-11-22)26-23-12-13-33(25(23)31-17-32-26)15-19-4-2-18(3-5-19)14-24(30)35/h2-9,12-13,17,22H,10-11,14-16H2,1H3,(H2,30,35). The molecule has 1 aliphatic rings. The summed E-state index contributed by atoms with van der Waals surface area (Å²) in [5.41, 5.74) is 9.07. The Hall–Kier alpha value is -3.81. The third-order valence-electron chi connectivity index (χ3n) is 6.36. The fraction of sp³-hybridized carbons (Fsp3) is 0.296. The number of amides is 1. The maximum atomic E-state index is 13.6. The van der Waals surface area contributed by atoms with Crippen LogP contribution >= 0.6 is 0 Å². The summed E-state index contributed by atoms with van der Waals surface area (Å²) in [5, 5.41) is 0.960. The molecule has 2 aromatic heterocycles. The second kappa shape index (κ2) is 9.09. The van der Waals surface area contributed by atoms with E-state index in [1.54, 1.807) is 18.5 Å². The van der Waals surface area contributed by atoms with Gasteiger partial charge in [-0.1, -0.05) is 48.5 Å². The van der Waals surface area contributed by atoms with E-state index in [2.05, 4.69) is 19.4 Å². The van der Waals surface area contributed by atoms with Gasteiger partial charge in [0.15, 0.2) is 0 Å². The average molecular weight is 476 g/mol. The number of halogens is 2. The molecule has 1 fully saturated rings. The first-order chi connectivity index (χ1) is 16.8. The second-order valence-corrected chi connectivity index (χ2v) is 9.28. The fourth-order valence-corrected chi connectivity index (χ4v) is 4.37. The van der Waals surface area contributed by atoms with Crippen molar-refractivity contribution in [1.82, 2.24) is 14.5 Å². The van der Waals surface area contributed by atoms with Crippen molar-refractivity contribution in [1.29, 1.82) is 0 Å². The van der Waals surface area contributed by atoms with E-state index < -0.39 is 5.92 Å². The van der Waals surface area contributed by atoms with Crippen molar-refractivity contribution in [2.45, 2.75) is 51.2 Å². The van der Waals surface area contributed by atoms with Gasteiger partial charge in [0.05, 0.1) is 11.8 Å². The van der Waals surface area contributed by atoms with Gasteiger partial charge in [0.2, 0.25) is 5.91 Å². The number of hydrogen-bond donors (Lipinski definition) is 1. The monoisotopic (exact) mass is 475 g/mol. The number of anilines is 1. The SMILES string of the molecule is CC(F)(F)c1ccc(CN(c2ncnc3c2ccn3Cc2ccc(CC(N)=O)cc2)C2CC2)cc1. The Balaban J connectivity index is 1.39. The first-order valence-corrected chi connectivity index (χ1v) is 11.7. The highest BCUT2D eigenvalue weighted by Crippen LogP contribution is 2.36. The minimum Gasteiger partial charge on any atom is -0.369 e. The molecule has 8 heteroatoms. The topological polar surface area (TPSA) is 77.0 Å². The van der Waals surface area contributed by atoms with Crippen molar-refractivity contribution < 1.29 is 13.6 Å². The molecule has 5 rings (SSSR count). The van der Waals surface area contributed by atoms with Gasteiger partial charge in [0, 0.05) is 37.8 Å². The van der Waals surface area contributed by atoms with Gasteiger partial charge < -0.3 is 15.2 Å². The second-order valence-electron chi connectivity index (χ2n) is 9.28. The predicted molar refractivity (Wildman–Crippen MR) is 131 cm³/mol. The molecule has 0 spiro atoms. The lowest BCUT2D eigenvalue weighted by molar-refractivity contribution is -0.117. The molecule has 0 saturated heterocycles. The Morgan fingerprint density at radius 1 is 1.03 bits per heavy atom. The number of nitrogens with zero attached hydrogens (tertiary/aromatic N) is 4. The van der Waals surface area contributed by atoms with Crippen molar-refractivity contribution >= 4 is 22.8 Å². The smallest absolute Gasteiger partial charge is 0.270 e. The van der Waals surface area contributed by atoms with E-state index in [9.17, 15) is 13.6 Å². The molecule has 0 radical (unpaired) electrons. The Morgan fingerprint density at radius 3 is 2.31 bits per heavy atom. The highest BCUT2D eigenvalue weighted by molar-refractivity contribution is 5.88. The van der Waals surface area contributed by atoms with E-state index >= 15 is 0 Å². The van der Waals surface area contributed by atoms with E-state index in [-0.39, 0.29) is 17.9 Å². The van der Waals surface area contributed by atoms with E-state index in [1.165, 1.54) is 12.1 Å². The van der Waals surface area contributed by atoms with Gasteiger partial charge in [-0.15, -0.1) is 0 Å². The lowest BCUT2D eigenvalue weighted by Crippen LogP contribution is -2.26. The van der Waals surface area contributed by atoms with E-state index in [1.807, 2.05) is 36.5 Å². The van der Waals surface area contributed by atoms with E-state index in [0.717, 1.165) is 53.3 Å². The first-order valence-electron chi connectivity index (χ1n) is 11.7. The largest absolute Gasteiger partial charge is 0.369 e. The van der Waals surface area contributed by atoms with Crippen molar-refractivity contribution in [3.05, 3.63) is 89.4 Å². The number of carbonyl (C=O) groups excluding carboxylic acids is 1. The maximum Gasteiger partial charge on any atom is 0.270 e. The molecule has 0 atom stereocenters. The molecule has 180 valence electrons. The van der Waals surface area contributed by atoms with Crippen LogP contribution in [-0.4, -0.2) is 26.5 Å². The summed E-state index contributed by atoms with van der Waals surface area (Å²) in [6, 6.07) is 16.8. The van der Waals surface area contributed by atoms with Crippen LogP contribution in [0.4, 0.5) is 14.6 Å². The lowest BCUT2D eigenvalue weighted by Gasteiger charge is -2.24. The molecule has 35 heavy (non-hydrogen) atoms. The van der Waals surface area contributed by atoms with Crippen LogP contribution in [0.3, 0.4) is 0 Å². The van der Waals surface area contributed by atoms with Crippen molar-refractivity contribution in [3.8, 4) is 0 Å². The maximum absolute atomic E-state index is 13.6. The number of rotatable bonds is 9. The average Bonchev–Trinajstić information content (AvgIpc) is 3.59. The van der Waals surface area contributed by atoms with Gasteiger partial charge in [-0.25, -0.2) is 18.7 Å². The number of nitrogens with two attached hydrogens (primary N) is 1. The van der Waals surface area contributed by atoms with Gasteiger partial charge in [-0.3, -0.25) is 4.79 Å². The predicted octanol–water partition coefficient (Wildman–Crippen LogP) is 4.79. The third-order valence-corrected chi connectivity index (χ3v) is 6.36. The van der Waals surface area contributed by atoms with Crippen molar-refractivity contribution in [2.24, 2.45) is 5.73 Å². The molecule has 4 aromatic rings. The zero-order valence-corrected chi connectivity index (χ0v) is 19.5. The van der Waals surface area contributed by atoms with Crippen LogP contribution in [0.5, 0.6) is 0 Å². The summed E-state index contributed by atoms with van der Waals surface area (Å²) in [5.74, 6) is -2.34. The summed E-state index contributed by atoms with van der Waals surface area (Å²) < 4.78 is 29.3. The number of alkyl halides is 2. The van der Waals surface area contributed by atoms with Gasteiger partial charge in [-0.2, -0.15) is 0 Å². The van der Waals surface area contributed by atoms with Crippen LogP contribution in [0.15, 0.2) is 67.1 Å². The number of fused-ring (bicyclic) bond motifs is 1. The molecule has 6 nitrogen and oxygen atoms in total. The minimum absolute atomic E-state index is 0.0170. The van der Waals surface area contributed by atoms with Gasteiger partial charge in [0.1, 0.15) is 17.8 Å². The lowest BCUT2D eigenvalue weighted by atomic mass is 10.1. The summed E-state index contributed by atoms with van der Waals surface area (Å²) in [6.45, 7) is 2.14. The molecular formula is C27H27F2N5O. The zero-order chi connectivity index (χ0) is 24.6. The highest BCUT2D eigenvalue weighted by Gasteiger charge is 2.32. The number of benzene rings is 2. The molecule has 1 aliphatic carbocycles. The summed E-state index contributed by atoms with van der Waals surface area (Å²) in [4.78, 5) is 22.6. The molecular weight excluding hydrogens is 448 g/mol. The number of aromatic nitrogens is 3. The quantitative estimate of drug-likeness (QED) is 0.378. The molecule has 2 heterocycles. The van der Waals surface area contributed by atoms with Gasteiger partial charge >= 0.3 is 0 Å². The van der Waals surface area contributed by atoms with Crippen LogP contribution < -0.4 is 10.6 Å². The summed E-state index contributed by atoms with van der Waals surface area (Å²) >= 11 is 0. The number of primary amides is 1. The molecule has 0 unspecified atom stereocenters. The third kappa shape index (κ3) is 5.16. The van der Waals surface area contributed by atoms with Crippen molar-refractivity contribution in [2.75, 3.05) is 4.90 Å². The molecule has 1 saturated carbocycles. The summed E-state index contributed by atoms with van der Waals surface area (Å²) in [7, 11) is 0. The minimum atomic E-state index is -2.85. The van der Waals surface area contributed by atoms with E-state index in [4.69, 9.17) is 5.73 Å². The van der Waals surface area contributed by atoms with Crippen LogP contribution in [0.2, 0.25) is 0 Å². The van der Waals surface area contributed by atoms with Gasteiger partial charge in [0.25, 0.3) is 5.92 Å². The van der Waals surface area contributed by atoms with Crippen LogP contribution in [-0.2, 0) is 30.2 Å². The zero-order valence-electron chi connectivity index (χ0n) is 19.5. The first kappa shape index (κ1) is 23.0. The molecule has 1 amide bonds. The normalized spacial score (nSPS) is 13.8. The van der Waals surface area contributed by atoms with Gasteiger partial charge in [-0.05, 0) is 35.6 Å². The number of hydrogen-bond acceptors (Lipinski definition) is 4. The Labute approximate surface area is 202 Å². The molecule has 2 N–H and O–H groups in total. The Bertz CT molecular complexity index is 1340. The Morgan fingerprint density at radius 2 is 1.69 bits per heavy atom. The Kier molecular flexibility index (Phi) is 5.96. The van der Waals surface area contributed by atoms with Crippen LogP contribution in [0.1, 0.15) is 42.0 Å². The number of carbonyl (C=O) groups is 1.